The van der Waals surface area contributed by atoms with Crippen molar-refractivity contribution in [3.8, 4) is 0 Å². The maximum atomic E-state index is 14.2. The third-order valence-corrected chi connectivity index (χ3v) is 9.13. The van der Waals surface area contributed by atoms with Gasteiger partial charge in [-0.25, -0.2) is 0 Å². The number of benzene rings is 4. The molecule has 0 spiro atoms. The number of aryl methyl sites for hydroxylation is 1. The summed E-state index contributed by atoms with van der Waals surface area (Å²) in [5.74, 6) is -1.52. The Kier molecular flexibility index (Phi) is 10.2. The quantitative estimate of drug-likeness (QED) is 0.120. The van der Waals surface area contributed by atoms with Crippen molar-refractivity contribution in [1.29, 1.82) is 0 Å². The van der Waals surface area contributed by atoms with Gasteiger partial charge < -0.3 is 9.64 Å². The van der Waals surface area contributed by atoms with E-state index >= 15 is 0 Å². The molecule has 4 aromatic carbocycles. The van der Waals surface area contributed by atoms with Gasteiger partial charge in [-0.2, -0.15) is 0 Å². The molecule has 4 aromatic rings. The predicted octanol–water partition coefficient (Wildman–Crippen LogP) is 9.33. The molecule has 0 saturated carbocycles. The highest BCUT2D eigenvalue weighted by atomic mass is 16.6. The molecular formula is C41H47NO3. The van der Waals surface area contributed by atoms with Gasteiger partial charge in [0.25, 0.3) is 0 Å². The number of carbonyl (C=O) groups is 2. The van der Waals surface area contributed by atoms with Gasteiger partial charge in [0.15, 0.2) is 5.78 Å². The molecular weight excluding hydrogens is 554 g/mol. The zero-order chi connectivity index (χ0) is 31.9. The molecule has 234 valence electrons. The van der Waals surface area contributed by atoms with E-state index in [1.807, 2.05) is 30.3 Å². The van der Waals surface area contributed by atoms with Gasteiger partial charge in [-0.05, 0) is 59.1 Å². The summed E-state index contributed by atoms with van der Waals surface area (Å²) in [6.07, 6.45) is 3.23. The standard InChI is InChI=1S/C41H47NO3/c1-5-25-41(26-24-31-16-9-6-10-17-31)28-36(43)37(39(44)45-41)38(40(2,3)4)34-22-15-23-35(27-34)42(29-32-18-11-7-12-19-32)30-33-20-13-8-14-21-33/h6-23,27,37-38H,5,24-26,28-30H2,1-4H3/t37?,38-,41+/m1/s1. The van der Waals surface area contributed by atoms with Gasteiger partial charge in [0.2, 0.25) is 0 Å². The first-order valence-electron chi connectivity index (χ1n) is 16.4. The number of Topliss-reactive ketones (excluding diaryl/α,β-unsaturated/α-hetero) is 1. The average molecular weight is 602 g/mol. The average Bonchev–Trinajstić information content (AvgIpc) is 3.03. The lowest BCUT2D eigenvalue weighted by Gasteiger charge is -2.44. The molecule has 1 saturated heterocycles. The number of cyclic esters (lactones) is 1. The van der Waals surface area contributed by atoms with E-state index in [1.54, 1.807) is 0 Å². The third kappa shape index (κ3) is 8.11. The summed E-state index contributed by atoms with van der Waals surface area (Å²) >= 11 is 0. The molecule has 1 aliphatic heterocycles. The Morgan fingerprint density at radius 2 is 1.31 bits per heavy atom. The molecule has 0 radical (unpaired) electrons. The van der Waals surface area contributed by atoms with Crippen LogP contribution in [0.3, 0.4) is 0 Å². The molecule has 0 bridgehead atoms. The molecule has 45 heavy (non-hydrogen) atoms. The van der Waals surface area contributed by atoms with E-state index in [-0.39, 0.29) is 29.5 Å². The highest BCUT2D eigenvalue weighted by Crippen LogP contribution is 2.47. The van der Waals surface area contributed by atoms with Crippen LogP contribution in [-0.2, 0) is 33.8 Å². The molecule has 3 atom stereocenters. The second kappa shape index (κ2) is 14.3. The van der Waals surface area contributed by atoms with E-state index < -0.39 is 11.5 Å². The summed E-state index contributed by atoms with van der Waals surface area (Å²) in [5, 5.41) is 0. The molecule has 5 rings (SSSR count). The molecule has 1 heterocycles. The number of esters is 1. The first-order chi connectivity index (χ1) is 21.7. The maximum absolute atomic E-state index is 14.2. The van der Waals surface area contributed by atoms with E-state index in [4.69, 9.17) is 4.74 Å². The van der Waals surface area contributed by atoms with Crippen LogP contribution in [0.25, 0.3) is 0 Å². The molecule has 0 aromatic heterocycles. The first kappa shape index (κ1) is 32.2. The van der Waals surface area contributed by atoms with Gasteiger partial charge in [-0.3, -0.25) is 9.59 Å². The number of anilines is 1. The van der Waals surface area contributed by atoms with Gasteiger partial charge >= 0.3 is 5.97 Å². The maximum Gasteiger partial charge on any atom is 0.317 e. The van der Waals surface area contributed by atoms with Crippen LogP contribution in [0.1, 0.15) is 81.5 Å². The molecule has 1 aliphatic rings. The summed E-state index contributed by atoms with van der Waals surface area (Å²) in [6.45, 7) is 9.95. The molecule has 0 amide bonds. The summed E-state index contributed by atoms with van der Waals surface area (Å²) in [6, 6.07) is 39.7. The smallest absolute Gasteiger partial charge is 0.317 e. The Bertz CT molecular complexity index is 1480. The summed E-state index contributed by atoms with van der Waals surface area (Å²) < 4.78 is 6.38. The van der Waals surface area contributed by atoms with Crippen LogP contribution in [0.5, 0.6) is 0 Å². The number of hydrogen-bond acceptors (Lipinski definition) is 4. The minimum atomic E-state index is -0.835. The monoisotopic (exact) mass is 601 g/mol. The van der Waals surface area contributed by atoms with Gasteiger partial charge in [-0.15, -0.1) is 0 Å². The van der Waals surface area contributed by atoms with Crippen molar-refractivity contribution in [2.24, 2.45) is 11.3 Å². The number of rotatable bonds is 12. The highest BCUT2D eigenvalue weighted by molar-refractivity contribution is 6.02. The Morgan fingerprint density at radius 3 is 1.82 bits per heavy atom. The van der Waals surface area contributed by atoms with Crippen molar-refractivity contribution < 1.29 is 14.3 Å². The minimum absolute atomic E-state index is 0.00326. The van der Waals surface area contributed by atoms with Crippen LogP contribution >= 0.6 is 0 Å². The van der Waals surface area contributed by atoms with E-state index in [0.29, 0.717) is 12.8 Å². The number of ketones is 1. The van der Waals surface area contributed by atoms with Gasteiger partial charge in [0, 0.05) is 31.1 Å². The van der Waals surface area contributed by atoms with E-state index in [9.17, 15) is 9.59 Å². The van der Waals surface area contributed by atoms with Crippen molar-refractivity contribution in [2.45, 2.75) is 84.4 Å². The summed E-state index contributed by atoms with van der Waals surface area (Å²) in [4.78, 5) is 30.5. The van der Waals surface area contributed by atoms with Crippen molar-refractivity contribution in [1.82, 2.24) is 0 Å². The molecule has 0 N–H and O–H groups in total. The van der Waals surface area contributed by atoms with Crippen LogP contribution in [0.4, 0.5) is 5.69 Å². The van der Waals surface area contributed by atoms with Crippen molar-refractivity contribution >= 4 is 17.4 Å². The van der Waals surface area contributed by atoms with E-state index in [0.717, 1.165) is 37.2 Å². The van der Waals surface area contributed by atoms with E-state index in [1.165, 1.54) is 16.7 Å². The fraction of sp³-hybridized carbons (Fsp3) is 0.366. The molecule has 4 heteroatoms. The SMILES string of the molecule is CCC[C@]1(CCc2ccccc2)CC(=O)C([C@@H](c2cccc(N(Cc3ccccc3)Cc3ccccc3)c2)C(C)(C)C)C(=O)O1. The van der Waals surface area contributed by atoms with Crippen LogP contribution < -0.4 is 4.90 Å². The lowest BCUT2D eigenvalue weighted by molar-refractivity contribution is -0.182. The lowest BCUT2D eigenvalue weighted by atomic mass is 9.65. The lowest BCUT2D eigenvalue weighted by Crippen LogP contribution is -2.51. The fourth-order valence-electron chi connectivity index (χ4n) is 7.02. The van der Waals surface area contributed by atoms with Crippen LogP contribution in [0, 0.1) is 11.3 Å². The number of nitrogens with zero attached hydrogens (tertiary/aromatic N) is 1. The largest absolute Gasteiger partial charge is 0.458 e. The molecule has 1 unspecified atom stereocenters. The van der Waals surface area contributed by atoms with Crippen LogP contribution in [-0.4, -0.2) is 17.4 Å². The van der Waals surface area contributed by atoms with E-state index in [2.05, 4.69) is 118 Å². The van der Waals surface area contributed by atoms with Gasteiger partial charge in [0.05, 0.1) is 0 Å². The van der Waals surface area contributed by atoms with Crippen molar-refractivity contribution in [3.63, 3.8) is 0 Å². The second-order valence-corrected chi connectivity index (χ2v) is 13.7. The Hall–Kier alpha value is -4.18. The van der Waals surface area contributed by atoms with Gasteiger partial charge in [-0.1, -0.05) is 137 Å². The number of hydrogen-bond donors (Lipinski definition) is 0. The predicted molar refractivity (Wildman–Crippen MR) is 183 cm³/mol. The number of carbonyl (C=O) groups excluding carboxylic acids is 2. The molecule has 0 aliphatic carbocycles. The minimum Gasteiger partial charge on any atom is -0.458 e. The molecule has 4 nitrogen and oxygen atoms in total. The third-order valence-electron chi connectivity index (χ3n) is 9.13. The summed E-state index contributed by atoms with van der Waals surface area (Å²) in [7, 11) is 0. The normalized spacial score (nSPS) is 19.2. The summed E-state index contributed by atoms with van der Waals surface area (Å²) in [5.41, 5.74) is 4.60. The second-order valence-electron chi connectivity index (χ2n) is 13.7. The zero-order valence-corrected chi connectivity index (χ0v) is 27.2. The fourth-order valence-corrected chi connectivity index (χ4v) is 7.02. The van der Waals surface area contributed by atoms with Crippen molar-refractivity contribution in [2.75, 3.05) is 4.90 Å². The Labute approximate surface area is 269 Å². The Balaban J connectivity index is 1.44. The zero-order valence-electron chi connectivity index (χ0n) is 27.2. The first-order valence-corrected chi connectivity index (χ1v) is 16.4. The van der Waals surface area contributed by atoms with Crippen LogP contribution in [0.2, 0.25) is 0 Å². The highest BCUT2D eigenvalue weighted by Gasteiger charge is 2.51. The van der Waals surface area contributed by atoms with Crippen LogP contribution in [0.15, 0.2) is 115 Å². The topological polar surface area (TPSA) is 46.6 Å². The van der Waals surface area contributed by atoms with Gasteiger partial charge in [0.1, 0.15) is 11.5 Å². The Morgan fingerprint density at radius 1 is 0.756 bits per heavy atom. The number of ether oxygens (including phenoxy) is 1. The van der Waals surface area contributed by atoms with Crippen molar-refractivity contribution in [3.05, 3.63) is 138 Å². The molecule has 1 fully saturated rings.